The Morgan fingerprint density at radius 3 is 2.42 bits per heavy atom. The summed E-state index contributed by atoms with van der Waals surface area (Å²) in [5.74, 6) is 0. The average molecular weight is 337 g/mol. The topological polar surface area (TPSA) is 64.8 Å². The van der Waals surface area contributed by atoms with E-state index in [0.29, 0.717) is 11.2 Å². The number of hydrogen-bond acceptors (Lipinski definition) is 4. The number of hydrogen-bond donors (Lipinski definition) is 0. The molecule has 0 saturated heterocycles. The first kappa shape index (κ1) is 14.8. The van der Waals surface area contributed by atoms with E-state index in [2.05, 4.69) is 9.97 Å². The minimum atomic E-state index is -3.76. The summed E-state index contributed by atoms with van der Waals surface area (Å²) in [6, 6.07) is 12.3. The average Bonchev–Trinajstić information content (AvgIpc) is 2.89. The number of aryl methyl sites for hydroxylation is 2. The second kappa shape index (κ2) is 5.14. The highest BCUT2D eigenvalue weighted by atomic mass is 32.2. The predicted molar refractivity (Wildman–Crippen MR) is 93.5 cm³/mol. The summed E-state index contributed by atoms with van der Waals surface area (Å²) in [4.78, 5) is 8.85. The zero-order chi connectivity index (χ0) is 16.9. The van der Waals surface area contributed by atoms with Gasteiger partial charge in [0, 0.05) is 28.9 Å². The van der Waals surface area contributed by atoms with Gasteiger partial charge in [-0.05, 0) is 44.2 Å². The lowest BCUT2D eigenvalue weighted by Gasteiger charge is -2.09. The number of rotatable bonds is 2. The molecule has 24 heavy (non-hydrogen) atoms. The molecule has 0 aliphatic carbocycles. The van der Waals surface area contributed by atoms with E-state index in [1.54, 1.807) is 42.7 Å². The Morgan fingerprint density at radius 1 is 0.917 bits per heavy atom. The monoisotopic (exact) mass is 337 g/mol. The molecule has 0 bridgehead atoms. The van der Waals surface area contributed by atoms with Gasteiger partial charge < -0.3 is 0 Å². The standard InChI is InChI=1S/C18H15N3O2S/c1-12-3-6-14(7-4-12)24(22,23)21-17-9-10-19-11-16(17)15-8-5-13(2)20-18(15)21/h3-11H,1-2H3. The van der Waals surface area contributed by atoms with Crippen molar-refractivity contribution in [2.45, 2.75) is 18.7 Å². The highest BCUT2D eigenvalue weighted by Gasteiger charge is 2.24. The van der Waals surface area contributed by atoms with E-state index in [0.717, 1.165) is 22.0 Å². The molecule has 0 aliphatic heterocycles. The maximum absolute atomic E-state index is 13.2. The molecule has 0 radical (unpaired) electrons. The Morgan fingerprint density at radius 2 is 1.67 bits per heavy atom. The SMILES string of the molecule is Cc1ccc(S(=O)(=O)n2c3ccncc3c3ccc(C)nc32)cc1. The van der Waals surface area contributed by atoms with Crippen molar-refractivity contribution < 1.29 is 8.42 Å². The summed E-state index contributed by atoms with van der Waals surface area (Å²) in [5.41, 5.74) is 2.78. The van der Waals surface area contributed by atoms with Gasteiger partial charge in [-0.25, -0.2) is 17.4 Å². The molecular formula is C18H15N3O2S. The Hall–Kier alpha value is -2.73. The predicted octanol–water partition coefficient (Wildman–Crippen LogP) is 3.44. The van der Waals surface area contributed by atoms with Gasteiger partial charge in [-0.1, -0.05) is 17.7 Å². The highest BCUT2D eigenvalue weighted by Crippen LogP contribution is 2.31. The molecule has 0 saturated carbocycles. The highest BCUT2D eigenvalue weighted by molar-refractivity contribution is 7.90. The van der Waals surface area contributed by atoms with E-state index in [-0.39, 0.29) is 4.90 Å². The lowest BCUT2D eigenvalue weighted by atomic mass is 10.2. The van der Waals surface area contributed by atoms with E-state index in [1.165, 1.54) is 3.97 Å². The molecule has 4 aromatic rings. The smallest absolute Gasteiger partial charge is 0.264 e. The van der Waals surface area contributed by atoms with Crippen molar-refractivity contribution in [1.29, 1.82) is 0 Å². The van der Waals surface area contributed by atoms with Crippen LogP contribution >= 0.6 is 0 Å². The van der Waals surface area contributed by atoms with Crippen molar-refractivity contribution >= 4 is 32.0 Å². The van der Waals surface area contributed by atoms with Crippen molar-refractivity contribution in [3.63, 3.8) is 0 Å². The maximum atomic E-state index is 13.2. The third-order valence-electron chi connectivity index (χ3n) is 4.07. The van der Waals surface area contributed by atoms with Crippen molar-refractivity contribution in [2.24, 2.45) is 0 Å². The first-order valence-electron chi connectivity index (χ1n) is 7.52. The van der Waals surface area contributed by atoms with E-state index in [9.17, 15) is 8.42 Å². The summed E-state index contributed by atoms with van der Waals surface area (Å²) in [6.45, 7) is 3.77. The van der Waals surface area contributed by atoms with Gasteiger partial charge in [0.25, 0.3) is 10.0 Å². The molecule has 0 atom stereocenters. The number of pyridine rings is 2. The summed E-state index contributed by atoms with van der Waals surface area (Å²) < 4.78 is 27.8. The van der Waals surface area contributed by atoms with E-state index >= 15 is 0 Å². The van der Waals surface area contributed by atoms with Crippen LogP contribution in [0.4, 0.5) is 0 Å². The van der Waals surface area contributed by atoms with Gasteiger partial charge in [0.05, 0.1) is 10.4 Å². The number of fused-ring (bicyclic) bond motifs is 3. The summed E-state index contributed by atoms with van der Waals surface area (Å²) in [7, 11) is -3.76. The van der Waals surface area contributed by atoms with Gasteiger partial charge in [0.15, 0.2) is 5.65 Å². The van der Waals surface area contributed by atoms with Crippen LogP contribution in [0.5, 0.6) is 0 Å². The minimum absolute atomic E-state index is 0.243. The Bertz CT molecular complexity index is 1180. The molecule has 0 aliphatic rings. The first-order valence-corrected chi connectivity index (χ1v) is 8.96. The normalized spacial score (nSPS) is 12.1. The zero-order valence-corrected chi connectivity index (χ0v) is 14.1. The van der Waals surface area contributed by atoms with Gasteiger partial charge >= 0.3 is 0 Å². The fourth-order valence-corrected chi connectivity index (χ4v) is 4.33. The summed E-state index contributed by atoms with van der Waals surface area (Å²) in [5, 5.41) is 1.55. The molecule has 0 fully saturated rings. The van der Waals surface area contributed by atoms with Crippen LogP contribution in [0.2, 0.25) is 0 Å². The Labute approximate surface area is 139 Å². The lowest BCUT2D eigenvalue weighted by Crippen LogP contribution is -2.13. The molecular weight excluding hydrogens is 322 g/mol. The third-order valence-corrected chi connectivity index (χ3v) is 5.79. The van der Waals surface area contributed by atoms with E-state index in [4.69, 9.17) is 0 Å². The second-order valence-electron chi connectivity index (χ2n) is 5.80. The van der Waals surface area contributed by atoms with Crippen LogP contribution in [0.25, 0.3) is 21.9 Å². The fourth-order valence-electron chi connectivity index (χ4n) is 2.85. The Balaban J connectivity index is 2.14. The molecule has 5 nitrogen and oxygen atoms in total. The van der Waals surface area contributed by atoms with Crippen molar-refractivity contribution in [3.05, 3.63) is 66.1 Å². The van der Waals surface area contributed by atoms with Gasteiger partial charge in [0.2, 0.25) is 0 Å². The van der Waals surface area contributed by atoms with Crippen molar-refractivity contribution in [3.8, 4) is 0 Å². The molecule has 0 unspecified atom stereocenters. The number of aromatic nitrogens is 3. The van der Waals surface area contributed by atoms with Crippen LogP contribution in [0.3, 0.4) is 0 Å². The summed E-state index contributed by atoms with van der Waals surface area (Å²) in [6.07, 6.45) is 3.27. The lowest BCUT2D eigenvalue weighted by molar-refractivity contribution is 0.590. The van der Waals surface area contributed by atoms with E-state index < -0.39 is 10.0 Å². The molecule has 120 valence electrons. The van der Waals surface area contributed by atoms with Crippen LogP contribution in [-0.4, -0.2) is 22.4 Å². The zero-order valence-electron chi connectivity index (χ0n) is 13.3. The van der Waals surface area contributed by atoms with Crippen LogP contribution in [0.1, 0.15) is 11.3 Å². The fraction of sp³-hybridized carbons (Fsp3) is 0.111. The van der Waals surface area contributed by atoms with Crippen molar-refractivity contribution in [1.82, 2.24) is 13.9 Å². The number of nitrogens with zero attached hydrogens (tertiary/aromatic N) is 3. The van der Waals surface area contributed by atoms with Gasteiger partial charge in [-0.2, -0.15) is 0 Å². The van der Waals surface area contributed by atoms with E-state index in [1.807, 2.05) is 26.0 Å². The first-order chi connectivity index (χ1) is 11.5. The molecule has 6 heteroatoms. The van der Waals surface area contributed by atoms with Crippen LogP contribution in [0.15, 0.2) is 59.8 Å². The largest absolute Gasteiger partial charge is 0.269 e. The van der Waals surface area contributed by atoms with Gasteiger partial charge in [-0.15, -0.1) is 0 Å². The second-order valence-corrected chi connectivity index (χ2v) is 7.59. The molecule has 0 N–H and O–H groups in total. The quantitative estimate of drug-likeness (QED) is 0.562. The molecule has 4 rings (SSSR count). The summed E-state index contributed by atoms with van der Waals surface area (Å²) >= 11 is 0. The molecule has 3 heterocycles. The minimum Gasteiger partial charge on any atom is -0.264 e. The molecule has 3 aromatic heterocycles. The van der Waals surface area contributed by atoms with Crippen LogP contribution in [-0.2, 0) is 10.0 Å². The Kier molecular flexibility index (Phi) is 3.18. The maximum Gasteiger partial charge on any atom is 0.269 e. The van der Waals surface area contributed by atoms with Crippen LogP contribution < -0.4 is 0 Å². The van der Waals surface area contributed by atoms with Gasteiger partial charge in [-0.3, -0.25) is 4.98 Å². The molecule has 1 aromatic carbocycles. The van der Waals surface area contributed by atoms with Crippen LogP contribution in [0, 0.1) is 13.8 Å². The van der Waals surface area contributed by atoms with Crippen molar-refractivity contribution in [2.75, 3.05) is 0 Å². The third kappa shape index (κ3) is 2.11. The number of benzene rings is 1. The van der Waals surface area contributed by atoms with Gasteiger partial charge in [0.1, 0.15) is 0 Å². The molecule has 0 spiro atoms. The molecule has 0 amide bonds.